The van der Waals surface area contributed by atoms with Gasteiger partial charge in [0.1, 0.15) is 11.5 Å². The molecular formula is C19H16Cl2N2O3S. The molecule has 0 saturated carbocycles. The maximum absolute atomic E-state index is 11.6. The van der Waals surface area contributed by atoms with Gasteiger partial charge in [0.15, 0.2) is 11.1 Å². The van der Waals surface area contributed by atoms with Gasteiger partial charge in [-0.15, -0.1) is 0 Å². The van der Waals surface area contributed by atoms with Gasteiger partial charge in [0, 0.05) is 29.3 Å². The topological polar surface area (TPSA) is 71.5 Å². The van der Waals surface area contributed by atoms with E-state index in [1.165, 1.54) is 0 Å². The van der Waals surface area contributed by atoms with Gasteiger partial charge < -0.3 is 14.6 Å². The minimum atomic E-state index is -2.10. The Hall–Kier alpha value is -1.96. The summed E-state index contributed by atoms with van der Waals surface area (Å²) in [6, 6.07) is 13.8. The molecule has 3 aromatic rings. The van der Waals surface area contributed by atoms with E-state index in [1.54, 1.807) is 54.9 Å². The lowest BCUT2D eigenvalue weighted by molar-refractivity contribution is 0.478. The highest BCUT2D eigenvalue weighted by molar-refractivity contribution is 7.79. The van der Waals surface area contributed by atoms with E-state index in [0.29, 0.717) is 45.1 Å². The number of aromatic nitrogens is 1. The van der Waals surface area contributed by atoms with Gasteiger partial charge in [-0.1, -0.05) is 29.3 Å². The number of nitrogens with one attached hydrogen (secondary N) is 1. The fraction of sp³-hybridized carbons (Fsp3) is 0.105. The second kappa shape index (κ2) is 9.30. The Kier molecular flexibility index (Phi) is 6.82. The first-order valence-electron chi connectivity index (χ1n) is 7.99. The lowest BCUT2D eigenvalue weighted by atomic mass is 10.2. The largest absolute Gasteiger partial charge is 0.456 e. The number of hydrogen-bond donors (Lipinski definition) is 2. The van der Waals surface area contributed by atoms with Crippen molar-refractivity contribution in [3.8, 4) is 11.5 Å². The van der Waals surface area contributed by atoms with Crippen LogP contribution in [0.25, 0.3) is 0 Å². The van der Waals surface area contributed by atoms with Crippen LogP contribution in [0.15, 0.2) is 65.8 Å². The van der Waals surface area contributed by atoms with Crippen molar-refractivity contribution in [2.45, 2.75) is 18.0 Å². The number of hydrogen-bond acceptors (Lipinski definition) is 4. The Bertz CT molecular complexity index is 955. The molecule has 1 atom stereocenters. The van der Waals surface area contributed by atoms with E-state index in [0.717, 1.165) is 5.56 Å². The third-order valence-corrected chi connectivity index (χ3v) is 5.10. The van der Waals surface area contributed by atoms with E-state index in [-0.39, 0.29) is 0 Å². The predicted octanol–water partition coefficient (Wildman–Crippen LogP) is 5.05. The fourth-order valence-corrected chi connectivity index (χ4v) is 3.48. The van der Waals surface area contributed by atoms with Gasteiger partial charge in [0.25, 0.3) is 0 Å². The summed E-state index contributed by atoms with van der Waals surface area (Å²) in [5.74, 6) is 1.14. The third kappa shape index (κ3) is 5.51. The molecule has 1 aromatic heterocycles. The predicted molar refractivity (Wildman–Crippen MR) is 107 cm³/mol. The second-order valence-corrected chi connectivity index (χ2v) is 7.43. The summed E-state index contributed by atoms with van der Waals surface area (Å²) in [7, 11) is 0. The average Bonchev–Trinajstić information content (AvgIpc) is 2.64. The normalized spacial score (nSPS) is 12.0. The van der Waals surface area contributed by atoms with Gasteiger partial charge in [-0.2, -0.15) is 0 Å². The van der Waals surface area contributed by atoms with E-state index in [9.17, 15) is 8.76 Å². The SMILES string of the molecule is O=S(O)c1ccc(Oc2cccnc2)cc1CNCc1ccc(Cl)cc1Cl. The molecule has 1 unspecified atom stereocenters. The summed E-state index contributed by atoms with van der Waals surface area (Å²) in [5.41, 5.74) is 1.54. The first kappa shape index (κ1) is 19.8. The van der Waals surface area contributed by atoms with Crippen molar-refractivity contribution in [2.75, 3.05) is 0 Å². The minimum absolute atomic E-state index is 0.322. The van der Waals surface area contributed by atoms with Crippen LogP contribution in [0.2, 0.25) is 10.0 Å². The molecule has 2 aromatic carbocycles. The lowest BCUT2D eigenvalue weighted by Gasteiger charge is -2.12. The number of rotatable bonds is 7. The highest BCUT2D eigenvalue weighted by Crippen LogP contribution is 2.25. The van der Waals surface area contributed by atoms with Crippen LogP contribution in [0.4, 0.5) is 0 Å². The number of nitrogens with zero attached hydrogens (tertiary/aromatic N) is 1. The first-order chi connectivity index (χ1) is 13.0. The number of pyridine rings is 1. The smallest absolute Gasteiger partial charge is 0.186 e. The van der Waals surface area contributed by atoms with E-state index in [4.69, 9.17) is 27.9 Å². The lowest BCUT2D eigenvalue weighted by Crippen LogP contribution is -2.14. The number of halogens is 2. The van der Waals surface area contributed by atoms with Gasteiger partial charge in [-0.05, 0) is 53.6 Å². The Labute approximate surface area is 169 Å². The highest BCUT2D eigenvalue weighted by atomic mass is 35.5. The summed E-state index contributed by atoms with van der Waals surface area (Å²) in [6.07, 6.45) is 3.25. The molecule has 0 bridgehead atoms. The van der Waals surface area contributed by atoms with Crippen molar-refractivity contribution in [2.24, 2.45) is 0 Å². The van der Waals surface area contributed by atoms with Gasteiger partial charge >= 0.3 is 0 Å². The van der Waals surface area contributed by atoms with Gasteiger partial charge in [-0.3, -0.25) is 4.98 Å². The quantitative estimate of drug-likeness (QED) is 0.521. The maximum atomic E-state index is 11.6. The highest BCUT2D eigenvalue weighted by Gasteiger charge is 2.11. The standard InChI is InChI=1S/C19H16Cl2N2O3S/c20-15-4-3-13(18(21)9-15)10-23-11-14-8-16(5-6-19(14)27(24)25)26-17-2-1-7-22-12-17/h1-9,12,23H,10-11H2,(H,24,25). The summed E-state index contributed by atoms with van der Waals surface area (Å²) in [5, 5.41) is 4.36. The molecule has 5 nitrogen and oxygen atoms in total. The molecule has 8 heteroatoms. The molecular weight excluding hydrogens is 407 g/mol. The van der Waals surface area contributed by atoms with Crippen molar-refractivity contribution < 1.29 is 13.5 Å². The van der Waals surface area contributed by atoms with Crippen LogP contribution in [0.3, 0.4) is 0 Å². The van der Waals surface area contributed by atoms with Crippen LogP contribution < -0.4 is 10.1 Å². The molecule has 0 radical (unpaired) electrons. The Morgan fingerprint density at radius 3 is 2.56 bits per heavy atom. The van der Waals surface area contributed by atoms with Gasteiger partial charge in [-0.25, -0.2) is 4.21 Å². The van der Waals surface area contributed by atoms with Crippen molar-refractivity contribution >= 4 is 34.3 Å². The third-order valence-electron chi connectivity index (χ3n) is 3.74. The zero-order valence-corrected chi connectivity index (χ0v) is 16.4. The molecule has 3 rings (SSSR count). The van der Waals surface area contributed by atoms with Crippen LogP contribution in [0.5, 0.6) is 11.5 Å². The van der Waals surface area contributed by atoms with Crippen molar-refractivity contribution in [1.82, 2.24) is 10.3 Å². The molecule has 27 heavy (non-hydrogen) atoms. The van der Waals surface area contributed by atoms with Gasteiger partial charge in [0.2, 0.25) is 0 Å². The Morgan fingerprint density at radius 1 is 1.04 bits per heavy atom. The average molecular weight is 423 g/mol. The number of benzene rings is 2. The number of ether oxygens (including phenoxy) is 1. The maximum Gasteiger partial charge on any atom is 0.186 e. The van der Waals surface area contributed by atoms with E-state index < -0.39 is 11.1 Å². The zero-order chi connectivity index (χ0) is 19.2. The molecule has 0 spiro atoms. The second-order valence-electron chi connectivity index (χ2n) is 5.65. The Balaban J connectivity index is 1.73. The molecule has 0 aliphatic rings. The first-order valence-corrected chi connectivity index (χ1v) is 9.85. The van der Waals surface area contributed by atoms with Crippen LogP contribution >= 0.6 is 23.2 Å². The zero-order valence-electron chi connectivity index (χ0n) is 14.1. The fourth-order valence-electron chi connectivity index (χ4n) is 2.47. The van der Waals surface area contributed by atoms with Gasteiger partial charge in [0.05, 0.1) is 11.1 Å². The molecule has 0 amide bonds. The van der Waals surface area contributed by atoms with Crippen molar-refractivity contribution in [3.05, 3.63) is 82.1 Å². The molecule has 0 fully saturated rings. The molecule has 2 N–H and O–H groups in total. The Morgan fingerprint density at radius 2 is 1.85 bits per heavy atom. The molecule has 1 heterocycles. The molecule has 0 aliphatic heterocycles. The summed E-state index contributed by atoms with van der Waals surface area (Å²) in [4.78, 5) is 4.32. The molecule has 0 saturated heterocycles. The van der Waals surface area contributed by atoms with Crippen molar-refractivity contribution in [3.63, 3.8) is 0 Å². The van der Waals surface area contributed by atoms with E-state index >= 15 is 0 Å². The van der Waals surface area contributed by atoms with Crippen LogP contribution in [0, 0.1) is 0 Å². The molecule has 0 aliphatic carbocycles. The minimum Gasteiger partial charge on any atom is -0.456 e. The molecule has 140 valence electrons. The van der Waals surface area contributed by atoms with Crippen LogP contribution in [0.1, 0.15) is 11.1 Å². The summed E-state index contributed by atoms with van der Waals surface area (Å²) in [6.45, 7) is 0.853. The summed E-state index contributed by atoms with van der Waals surface area (Å²) >= 11 is 9.97. The van der Waals surface area contributed by atoms with Crippen molar-refractivity contribution in [1.29, 1.82) is 0 Å². The van der Waals surface area contributed by atoms with Crippen LogP contribution in [-0.2, 0) is 24.2 Å². The summed E-state index contributed by atoms with van der Waals surface area (Å²) < 4.78 is 26.9. The van der Waals surface area contributed by atoms with Crippen LogP contribution in [-0.4, -0.2) is 13.7 Å². The van der Waals surface area contributed by atoms with E-state index in [2.05, 4.69) is 10.3 Å². The monoisotopic (exact) mass is 422 g/mol. The van der Waals surface area contributed by atoms with E-state index in [1.807, 2.05) is 6.07 Å².